The van der Waals surface area contributed by atoms with Gasteiger partial charge in [0.25, 0.3) is 0 Å². The van der Waals surface area contributed by atoms with Crippen LogP contribution in [0.15, 0.2) is 0 Å². The molecule has 0 saturated heterocycles. The van der Waals surface area contributed by atoms with Crippen molar-refractivity contribution in [3.05, 3.63) is 0 Å². The summed E-state index contributed by atoms with van der Waals surface area (Å²) in [4.78, 5) is 0. The van der Waals surface area contributed by atoms with Gasteiger partial charge < -0.3 is 4.55 Å². The van der Waals surface area contributed by atoms with Crippen LogP contribution < -0.4 is 5.32 Å². The highest BCUT2D eigenvalue weighted by Crippen LogP contribution is 1.88. The van der Waals surface area contributed by atoms with E-state index in [0.717, 1.165) is 0 Å². The highest BCUT2D eigenvalue weighted by atomic mass is 35.5. The second-order valence-corrected chi connectivity index (χ2v) is 2.12. The summed E-state index contributed by atoms with van der Waals surface area (Å²) in [6, 6.07) is -0.213. The maximum atomic E-state index is 11.7. The highest BCUT2D eigenvalue weighted by molar-refractivity contribution is 7.79. The van der Waals surface area contributed by atoms with E-state index in [0.29, 0.717) is 0 Å². The zero-order chi connectivity index (χ0) is 6.57. The third-order valence-corrected chi connectivity index (χ3v) is 1.07. The summed E-state index contributed by atoms with van der Waals surface area (Å²) in [6.07, 6.45) is 0. The lowest BCUT2D eigenvalue weighted by Gasteiger charge is -2.09. The first-order valence-electron chi connectivity index (χ1n) is 1.70. The molecule has 0 aromatic carbocycles. The minimum Gasteiger partial charge on any atom is -0.769 e. The Bertz CT molecular complexity index is 92.1. The molecule has 0 saturated carbocycles. The number of hydrogen-bond donors (Lipinski definition) is 1. The molecule has 8 heavy (non-hydrogen) atoms. The van der Waals surface area contributed by atoms with Crippen molar-refractivity contribution in [3.63, 3.8) is 0 Å². The smallest absolute Gasteiger partial charge is 0.214 e. The molecule has 6 heteroatoms. The third-order valence-electron chi connectivity index (χ3n) is 0.407. The van der Waals surface area contributed by atoms with Crippen LogP contribution >= 0.6 is 11.6 Å². The summed E-state index contributed by atoms with van der Waals surface area (Å²) < 4.78 is 30.9. The van der Waals surface area contributed by atoms with Crippen LogP contribution in [0.4, 0.5) is 4.39 Å². The molecule has 0 bridgehead atoms. The zero-order valence-corrected chi connectivity index (χ0v) is 5.34. The van der Waals surface area contributed by atoms with Crippen molar-refractivity contribution in [1.29, 1.82) is 0 Å². The summed E-state index contributed by atoms with van der Waals surface area (Å²) in [5.74, 6) is 0. The molecule has 0 radical (unpaired) electrons. The Morgan fingerprint density at radius 3 is 2.62 bits per heavy atom. The SMILES string of the molecule is O=S([O-])C(F)NCCl. The largest absolute Gasteiger partial charge is 0.769 e. The van der Waals surface area contributed by atoms with Crippen molar-refractivity contribution in [2.24, 2.45) is 0 Å². The molecule has 0 spiro atoms. The van der Waals surface area contributed by atoms with E-state index in [9.17, 15) is 13.2 Å². The fourth-order valence-corrected chi connectivity index (χ4v) is 0.575. The highest BCUT2D eigenvalue weighted by Gasteiger charge is 2.00. The normalized spacial score (nSPS) is 17.9. The molecule has 50 valence electrons. The van der Waals surface area contributed by atoms with Gasteiger partial charge in [0, 0.05) is 0 Å². The Kier molecular flexibility index (Phi) is 4.35. The number of alkyl halides is 2. The molecule has 3 nitrogen and oxygen atoms in total. The summed E-state index contributed by atoms with van der Waals surface area (Å²) in [5, 5.41) is 1.83. The Labute approximate surface area is 53.5 Å². The van der Waals surface area contributed by atoms with Crippen LogP contribution in [-0.4, -0.2) is 20.4 Å². The Balaban J connectivity index is 3.32. The number of hydrogen-bond acceptors (Lipinski definition) is 3. The van der Waals surface area contributed by atoms with E-state index in [4.69, 9.17) is 11.6 Å². The van der Waals surface area contributed by atoms with E-state index in [2.05, 4.69) is 0 Å². The average Bonchev–Trinajstić information content (AvgIpc) is 1.67. The molecular weight excluding hydrogens is 157 g/mol. The van der Waals surface area contributed by atoms with E-state index < -0.39 is 16.7 Å². The molecular formula is C2H4ClFNO2S-. The lowest BCUT2D eigenvalue weighted by molar-refractivity contribution is 0.362. The van der Waals surface area contributed by atoms with Gasteiger partial charge in [-0.25, -0.2) is 4.39 Å². The molecule has 2 atom stereocenters. The Morgan fingerprint density at radius 1 is 2.00 bits per heavy atom. The maximum Gasteiger partial charge on any atom is 0.214 e. The second kappa shape index (κ2) is 4.20. The van der Waals surface area contributed by atoms with Gasteiger partial charge in [-0.1, -0.05) is 0 Å². The van der Waals surface area contributed by atoms with Gasteiger partial charge in [-0.2, -0.15) is 0 Å². The van der Waals surface area contributed by atoms with Crippen LogP contribution in [0, 0.1) is 0 Å². The van der Waals surface area contributed by atoms with Crippen molar-refractivity contribution >= 4 is 22.7 Å². The Morgan fingerprint density at radius 2 is 2.50 bits per heavy atom. The average molecular weight is 161 g/mol. The quantitative estimate of drug-likeness (QED) is 0.357. The minimum absolute atomic E-state index is 0.213. The summed E-state index contributed by atoms with van der Waals surface area (Å²) in [6.45, 7) is 0. The molecule has 0 heterocycles. The lowest BCUT2D eigenvalue weighted by atomic mass is 11.2. The number of rotatable bonds is 3. The summed E-state index contributed by atoms with van der Waals surface area (Å²) >= 11 is 2.19. The first kappa shape index (κ1) is 8.29. The minimum atomic E-state index is -2.72. The second-order valence-electron chi connectivity index (χ2n) is 0.914. The van der Waals surface area contributed by atoms with Crippen LogP contribution in [0.1, 0.15) is 0 Å². The summed E-state index contributed by atoms with van der Waals surface area (Å²) in [5.41, 5.74) is -2.05. The third kappa shape index (κ3) is 3.31. The number of nitrogens with one attached hydrogen (secondary N) is 1. The van der Waals surface area contributed by atoms with Gasteiger partial charge in [0.1, 0.15) is 0 Å². The summed E-state index contributed by atoms with van der Waals surface area (Å²) in [7, 11) is 0. The van der Waals surface area contributed by atoms with Gasteiger partial charge >= 0.3 is 0 Å². The molecule has 0 fully saturated rings. The van der Waals surface area contributed by atoms with Gasteiger partial charge in [-0.05, 0) is 11.1 Å². The predicted octanol–water partition coefficient (Wildman–Crippen LogP) is -0.0955. The fourth-order valence-electron chi connectivity index (χ4n) is 0.129. The molecule has 0 aromatic rings. The zero-order valence-electron chi connectivity index (χ0n) is 3.77. The first-order valence-corrected chi connectivity index (χ1v) is 3.37. The van der Waals surface area contributed by atoms with Crippen molar-refractivity contribution in [1.82, 2.24) is 5.32 Å². The first-order chi connectivity index (χ1) is 3.68. The van der Waals surface area contributed by atoms with Gasteiger partial charge in [-0.15, -0.1) is 11.6 Å². The molecule has 2 unspecified atom stereocenters. The van der Waals surface area contributed by atoms with Crippen LogP contribution in [-0.2, 0) is 11.1 Å². The van der Waals surface area contributed by atoms with Crippen LogP contribution in [0.25, 0.3) is 0 Å². The predicted molar refractivity (Wildman–Crippen MR) is 27.7 cm³/mol. The van der Waals surface area contributed by atoms with Crippen molar-refractivity contribution < 1.29 is 13.2 Å². The van der Waals surface area contributed by atoms with E-state index in [1.165, 1.54) is 0 Å². The van der Waals surface area contributed by atoms with Gasteiger partial charge in [0.05, 0.1) is 6.00 Å². The fraction of sp³-hybridized carbons (Fsp3) is 1.00. The maximum absolute atomic E-state index is 11.7. The van der Waals surface area contributed by atoms with E-state index in [1.54, 1.807) is 0 Å². The number of halogens is 2. The molecule has 0 aliphatic rings. The van der Waals surface area contributed by atoms with Crippen LogP contribution in [0.5, 0.6) is 0 Å². The van der Waals surface area contributed by atoms with E-state index >= 15 is 0 Å². The molecule has 1 N–H and O–H groups in total. The van der Waals surface area contributed by atoms with Crippen LogP contribution in [0.3, 0.4) is 0 Å². The lowest BCUT2D eigenvalue weighted by Crippen LogP contribution is -2.27. The molecule has 0 aliphatic carbocycles. The van der Waals surface area contributed by atoms with E-state index in [1.807, 2.05) is 5.32 Å². The van der Waals surface area contributed by atoms with Gasteiger partial charge in [-0.3, -0.25) is 9.53 Å². The molecule has 0 rings (SSSR count). The van der Waals surface area contributed by atoms with Crippen molar-refractivity contribution in [2.45, 2.75) is 5.63 Å². The topological polar surface area (TPSA) is 52.2 Å². The molecule has 0 aromatic heterocycles. The van der Waals surface area contributed by atoms with Gasteiger partial charge in [0.2, 0.25) is 5.63 Å². The van der Waals surface area contributed by atoms with Crippen molar-refractivity contribution in [2.75, 3.05) is 6.00 Å². The van der Waals surface area contributed by atoms with E-state index in [-0.39, 0.29) is 6.00 Å². The monoisotopic (exact) mass is 160 g/mol. The van der Waals surface area contributed by atoms with Gasteiger partial charge in [0.15, 0.2) is 0 Å². The van der Waals surface area contributed by atoms with Crippen LogP contribution in [0.2, 0.25) is 0 Å². The molecule has 0 amide bonds. The standard InChI is InChI=1S/C2H5ClFNO2S/c3-1-5-2(4)8(6)7/h2,5H,1H2,(H,6,7)/p-1. The van der Waals surface area contributed by atoms with Crippen molar-refractivity contribution in [3.8, 4) is 0 Å². The molecule has 0 aliphatic heterocycles. The Hall–Kier alpha value is 0.290.